The van der Waals surface area contributed by atoms with E-state index in [0.29, 0.717) is 10.7 Å². The number of hydrogen-bond donors (Lipinski definition) is 2. The predicted molar refractivity (Wildman–Crippen MR) is 97.0 cm³/mol. The molecule has 0 unspecified atom stereocenters. The van der Waals surface area contributed by atoms with Gasteiger partial charge in [0.25, 0.3) is 5.91 Å². The van der Waals surface area contributed by atoms with Crippen molar-refractivity contribution in [2.24, 2.45) is 5.73 Å². The molecule has 0 spiro atoms. The van der Waals surface area contributed by atoms with Crippen molar-refractivity contribution in [1.82, 2.24) is 4.98 Å². The molecule has 4 nitrogen and oxygen atoms in total. The van der Waals surface area contributed by atoms with Gasteiger partial charge in [0.1, 0.15) is 10.8 Å². The standard InChI is InChI=1S/C17H16FN3OS2/c18-9-6-7-11-13(8-9)24-17(20-11)21-16-14(15(19)22)10-4-2-1-3-5-12(10)23-16/h6-8H,1-5H2,(H2,19,22)(H,20,21). The maximum Gasteiger partial charge on any atom is 0.251 e. The Morgan fingerprint density at radius 1 is 1.21 bits per heavy atom. The summed E-state index contributed by atoms with van der Waals surface area (Å²) in [5.41, 5.74) is 8.08. The number of carbonyl (C=O) groups excluding carboxylic acids is 1. The number of thiazole rings is 1. The molecule has 3 N–H and O–H groups in total. The quantitative estimate of drug-likeness (QED) is 0.670. The van der Waals surface area contributed by atoms with Crippen molar-refractivity contribution < 1.29 is 9.18 Å². The molecule has 0 saturated carbocycles. The minimum absolute atomic E-state index is 0.279. The summed E-state index contributed by atoms with van der Waals surface area (Å²) in [4.78, 5) is 17.7. The molecule has 1 aliphatic rings. The van der Waals surface area contributed by atoms with Crippen molar-refractivity contribution in [3.05, 3.63) is 40.0 Å². The highest BCUT2D eigenvalue weighted by molar-refractivity contribution is 7.23. The number of aryl methyl sites for hydroxylation is 1. The number of primary amides is 1. The first-order valence-corrected chi connectivity index (χ1v) is 9.52. The Balaban J connectivity index is 1.74. The molecule has 0 fully saturated rings. The Morgan fingerprint density at radius 3 is 2.88 bits per heavy atom. The second kappa shape index (κ2) is 6.14. The Morgan fingerprint density at radius 2 is 2.04 bits per heavy atom. The van der Waals surface area contributed by atoms with Gasteiger partial charge in [0, 0.05) is 4.88 Å². The van der Waals surface area contributed by atoms with Gasteiger partial charge in [-0.1, -0.05) is 17.8 Å². The summed E-state index contributed by atoms with van der Waals surface area (Å²) in [5, 5.41) is 4.65. The first-order chi connectivity index (χ1) is 11.6. The SMILES string of the molecule is NC(=O)c1c(Nc2nc3ccc(F)cc3s2)sc2c1CCCCC2. The zero-order valence-electron chi connectivity index (χ0n) is 12.9. The van der Waals surface area contributed by atoms with Crippen molar-refractivity contribution in [2.75, 3.05) is 5.32 Å². The molecule has 24 heavy (non-hydrogen) atoms. The molecule has 3 aromatic rings. The van der Waals surface area contributed by atoms with E-state index in [1.54, 1.807) is 17.4 Å². The summed E-state index contributed by atoms with van der Waals surface area (Å²) in [5.74, 6) is -0.678. The maximum absolute atomic E-state index is 13.3. The molecule has 0 radical (unpaired) electrons. The number of thiophene rings is 1. The Kier molecular flexibility index (Phi) is 3.97. The van der Waals surface area contributed by atoms with Gasteiger partial charge >= 0.3 is 0 Å². The molecule has 0 bridgehead atoms. The van der Waals surface area contributed by atoms with Crippen LogP contribution in [0.3, 0.4) is 0 Å². The molecule has 1 aromatic carbocycles. The lowest BCUT2D eigenvalue weighted by Gasteiger charge is -2.04. The third kappa shape index (κ3) is 2.78. The predicted octanol–water partition coefficient (Wildman–Crippen LogP) is 4.61. The number of nitrogens with one attached hydrogen (secondary N) is 1. The van der Waals surface area contributed by atoms with E-state index in [1.165, 1.54) is 34.8 Å². The van der Waals surface area contributed by atoms with Gasteiger partial charge in [0.05, 0.1) is 15.8 Å². The summed E-state index contributed by atoms with van der Waals surface area (Å²) in [6.07, 6.45) is 5.31. The molecule has 2 heterocycles. The average Bonchev–Trinajstić information content (AvgIpc) is 3.00. The molecule has 1 amide bonds. The van der Waals surface area contributed by atoms with Gasteiger partial charge in [0.2, 0.25) is 0 Å². The fourth-order valence-electron chi connectivity index (χ4n) is 3.14. The number of benzene rings is 1. The molecule has 1 aliphatic carbocycles. The summed E-state index contributed by atoms with van der Waals surface area (Å²) < 4.78 is 14.1. The number of halogens is 1. The second-order valence-electron chi connectivity index (χ2n) is 5.89. The van der Waals surface area contributed by atoms with Gasteiger partial charge in [-0.3, -0.25) is 4.79 Å². The summed E-state index contributed by atoms with van der Waals surface area (Å²) in [6.45, 7) is 0. The third-order valence-electron chi connectivity index (χ3n) is 4.24. The fourth-order valence-corrected chi connectivity index (χ4v) is 5.39. The lowest BCUT2D eigenvalue weighted by atomic mass is 10.1. The van der Waals surface area contributed by atoms with Crippen LogP contribution >= 0.6 is 22.7 Å². The highest BCUT2D eigenvalue weighted by Gasteiger charge is 2.23. The van der Waals surface area contributed by atoms with Crippen LogP contribution in [0.15, 0.2) is 18.2 Å². The van der Waals surface area contributed by atoms with Gasteiger partial charge in [-0.15, -0.1) is 11.3 Å². The zero-order valence-corrected chi connectivity index (χ0v) is 14.5. The number of amides is 1. The Labute approximate surface area is 146 Å². The third-order valence-corrected chi connectivity index (χ3v) is 6.38. The number of carbonyl (C=O) groups is 1. The number of aromatic nitrogens is 1. The second-order valence-corrected chi connectivity index (χ2v) is 8.02. The van der Waals surface area contributed by atoms with Crippen molar-refractivity contribution in [2.45, 2.75) is 32.1 Å². The van der Waals surface area contributed by atoms with E-state index in [1.807, 2.05) is 0 Å². The monoisotopic (exact) mass is 361 g/mol. The maximum atomic E-state index is 13.3. The van der Waals surface area contributed by atoms with Crippen molar-refractivity contribution in [3.63, 3.8) is 0 Å². The molecular formula is C17H16FN3OS2. The lowest BCUT2D eigenvalue weighted by molar-refractivity contribution is 0.100. The van der Waals surface area contributed by atoms with E-state index in [0.717, 1.165) is 46.5 Å². The molecule has 0 atom stereocenters. The average molecular weight is 361 g/mol. The van der Waals surface area contributed by atoms with Crippen LogP contribution in [-0.4, -0.2) is 10.9 Å². The Bertz CT molecular complexity index is 931. The van der Waals surface area contributed by atoms with Gasteiger partial charge in [-0.2, -0.15) is 0 Å². The van der Waals surface area contributed by atoms with E-state index in [9.17, 15) is 9.18 Å². The van der Waals surface area contributed by atoms with Crippen molar-refractivity contribution in [3.8, 4) is 0 Å². The molecule has 2 aromatic heterocycles. The summed E-state index contributed by atoms with van der Waals surface area (Å²) in [7, 11) is 0. The number of nitrogens with zero attached hydrogens (tertiary/aromatic N) is 1. The van der Waals surface area contributed by atoms with Crippen LogP contribution < -0.4 is 11.1 Å². The molecule has 0 saturated heterocycles. The number of fused-ring (bicyclic) bond motifs is 2. The van der Waals surface area contributed by atoms with Gasteiger partial charge in [-0.25, -0.2) is 9.37 Å². The smallest absolute Gasteiger partial charge is 0.251 e. The van der Waals surface area contributed by atoms with Crippen LogP contribution in [0.25, 0.3) is 10.2 Å². The minimum Gasteiger partial charge on any atom is -0.365 e. The first-order valence-electron chi connectivity index (χ1n) is 7.89. The minimum atomic E-state index is -0.399. The van der Waals surface area contributed by atoms with E-state index < -0.39 is 5.91 Å². The zero-order chi connectivity index (χ0) is 16.7. The summed E-state index contributed by atoms with van der Waals surface area (Å²) >= 11 is 2.96. The van der Waals surface area contributed by atoms with E-state index in [4.69, 9.17) is 5.73 Å². The van der Waals surface area contributed by atoms with E-state index in [2.05, 4.69) is 10.3 Å². The highest BCUT2D eigenvalue weighted by atomic mass is 32.1. The molecular weight excluding hydrogens is 345 g/mol. The van der Waals surface area contributed by atoms with Gasteiger partial charge in [0.15, 0.2) is 5.13 Å². The molecule has 4 rings (SSSR count). The van der Waals surface area contributed by atoms with Gasteiger partial charge in [-0.05, 0) is 49.4 Å². The number of nitrogens with two attached hydrogens (primary N) is 1. The molecule has 0 aliphatic heterocycles. The van der Waals surface area contributed by atoms with Crippen LogP contribution in [0.2, 0.25) is 0 Å². The topological polar surface area (TPSA) is 68.0 Å². The van der Waals surface area contributed by atoms with Gasteiger partial charge < -0.3 is 11.1 Å². The normalized spacial score (nSPS) is 14.4. The first kappa shape index (κ1) is 15.5. The number of hydrogen-bond acceptors (Lipinski definition) is 5. The van der Waals surface area contributed by atoms with E-state index in [-0.39, 0.29) is 5.82 Å². The number of anilines is 2. The molecule has 7 heteroatoms. The van der Waals surface area contributed by atoms with Crippen LogP contribution in [0.5, 0.6) is 0 Å². The lowest BCUT2D eigenvalue weighted by Crippen LogP contribution is -2.14. The largest absolute Gasteiger partial charge is 0.365 e. The molecule has 124 valence electrons. The van der Waals surface area contributed by atoms with Crippen molar-refractivity contribution in [1.29, 1.82) is 0 Å². The number of rotatable bonds is 3. The fraction of sp³-hybridized carbons (Fsp3) is 0.294. The van der Waals surface area contributed by atoms with Crippen LogP contribution in [0.1, 0.15) is 40.1 Å². The van der Waals surface area contributed by atoms with Crippen LogP contribution in [-0.2, 0) is 12.8 Å². The van der Waals surface area contributed by atoms with E-state index >= 15 is 0 Å². The highest BCUT2D eigenvalue weighted by Crippen LogP contribution is 2.40. The van der Waals surface area contributed by atoms with Crippen molar-refractivity contribution >= 4 is 48.9 Å². The Hall–Kier alpha value is -1.99. The summed E-state index contributed by atoms with van der Waals surface area (Å²) in [6, 6.07) is 4.52. The van der Waals surface area contributed by atoms with Crippen LogP contribution in [0.4, 0.5) is 14.5 Å². The van der Waals surface area contributed by atoms with Crippen LogP contribution in [0, 0.1) is 5.82 Å².